The molecule has 2 aromatic heterocycles. The maximum Gasteiger partial charge on any atom is 0.260 e. The largest absolute Gasteiger partial charge is 0.461 e. The first kappa shape index (κ1) is 16.8. The van der Waals surface area contributed by atoms with Crippen LogP contribution in [-0.2, 0) is 11.3 Å². The number of amides is 1. The Morgan fingerprint density at radius 1 is 1.07 bits per heavy atom. The molecular formula is C21H18N4O2. The van der Waals surface area contributed by atoms with Crippen LogP contribution in [0.2, 0.25) is 0 Å². The molecule has 27 heavy (non-hydrogen) atoms. The van der Waals surface area contributed by atoms with Gasteiger partial charge in [0.05, 0.1) is 23.0 Å². The Hall–Kier alpha value is -3.67. The number of carbonyl (C=O) groups excluding carboxylic acids is 1. The van der Waals surface area contributed by atoms with E-state index in [0.717, 1.165) is 22.3 Å². The van der Waals surface area contributed by atoms with Gasteiger partial charge in [-0.2, -0.15) is 5.10 Å². The van der Waals surface area contributed by atoms with Crippen LogP contribution in [0.15, 0.2) is 82.5 Å². The molecule has 0 spiro atoms. The van der Waals surface area contributed by atoms with Gasteiger partial charge in [0.15, 0.2) is 11.6 Å². The van der Waals surface area contributed by atoms with E-state index in [9.17, 15) is 4.79 Å². The van der Waals surface area contributed by atoms with Crippen molar-refractivity contribution in [3.8, 4) is 11.6 Å². The fourth-order valence-corrected chi connectivity index (χ4v) is 2.90. The molecule has 1 N–H and O–H groups in total. The van der Waals surface area contributed by atoms with E-state index in [0.29, 0.717) is 11.6 Å². The van der Waals surface area contributed by atoms with E-state index in [4.69, 9.17) is 4.42 Å². The fourth-order valence-electron chi connectivity index (χ4n) is 2.90. The minimum Gasteiger partial charge on any atom is -0.461 e. The Morgan fingerprint density at radius 2 is 1.85 bits per heavy atom. The summed E-state index contributed by atoms with van der Waals surface area (Å²) in [6, 6.07) is 21.0. The Balaban J connectivity index is 1.59. The summed E-state index contributed by atoms with van der Waals surface area (Å²) in [4.78, 5) is 17.1. The first-order chi connectivity index (χ1) is 13.2. The number of hydrazone groups is 1. The summed E-state index contributed by atoms with van der Waals surface area (Å²) in [6.07, 6.45) is 1.59. The first-order valence-electron chi connectivity index (χ1n) is 8.60. The lowest BCUT2D eigenvalue weighted by Crippen LogP contribution is -2.24. The summed E-state index contributed by atoms with van der Waals surface area (Å²) in [5.74, 6) is 0.990. The third-order valence-electron chi connectivity index (χ3n) is 4.24. The smallest absolute Gasteiger partial charge is 0.260 e. The van der Waals surface area contributed by atoms with E-state index in [1.807, 2.05) is 72.2 Å². The van der Waals surface area contributed by atoms with Crippen LogP contribution in [0.4, 0.5) is 0 Å². The highest BCUT2D eigenvalue weighted by molar-refractivity contribution is 5.99. The van der Waals surface area contributed by atoms with E-state index in [1.54, 1.807) is 12.3 Å². The van der Waals surface area contributed by atoms with E-state index in [-0.39, 0.29) is 12.5 Å². The lowest BCUT2D eigenvalue weighted by molar-refractivity contribution is -0.121. The molecule has 0 saturated carbocycles. The highest BCUT2D eigenvalue weighted by atomic mass is 16.3. The predicted molar refractivity (Wildman–Crippen MR) is 104 cm³/mol. The van der Waals surface area contributed by atoms with Crippen molar-refractivity contribution >= 4 is 22.7 Å². The van der Waals surface area contributed by atoms with Crippen LogP contribution < -0.4 is 5.43 Å². The van der Waals surface area contributed by atoms with Gasteiger partial charge in [-0.25, -0.2) is 10.4 Å². The maximum absolute atomic E-state index is 12.5. The first-order valence-corrected chi connectivity index (χ1v) is 8.60. The van der Waals surface area contributed by atoms with E-state index >= 15 is 0 Å². The average molecular weight is 358 g/mol. The summed E-state index contributed by atoms with van der Waals surface area (Å²) in [6.45, 7) is 1.94. The van der Waals surface area contributed by atoms with Crippen LogP contribution in [0, 0.1) is 0 Å². The number of para-hydroxylation sites is 2. The van der Waals surface area contributed by atoms with Crippen LogP contribution >= 0.6 is 0 Å². The van der Waals surface area contributed by atoms with Crippen LogP contribution in [0.5, 0.6) is 0 Å². The second-order valence-corrected chi connectivity index (χ2v) is 6.09. The monoisotopic (exact) mass is 358 g/mol. The molecule has 0 aliphatic carbocycles. The number of carbonyl (C=O) groups is 1. The standard InChI is InChI=1S/C21H18N4O2/c1-15(16-8-3-2-4-9-16)23-24-20(26)14-25-18-11-6-5-10-17(18)22-21(25)19-12-7-13-27-19/h2-13H,14H2,1H3,(H,24,26)/b23-15+. The lowest BCUT2D eigenvalue weighted by Gasteiger charge is -2.07. The molecule has 134 valence electrons. The second-order valence-electron chi connectivity index (χ2n) is 6.09. The molecule has 0 atom stereocenters. The third kappa shape index (κ3) is 3.50. The van der Waals surface area contributed by atoms with Crippen LogP contribution in [0.3, 0.4) is 0 Å². The molecule has 0 saturated heterocycles. The van der Waals surface area contributed by atoms with Crippen molar-refractivity contribution in [2.45, 2.75) is 13.5 Å². The maximum atomic E-state index is 12.5. The number of fused-ring (bicyclic) bond motifs is 1. The summed E-state index contributed by atoms with van der Waals surface area (Å²) >= 11 is 0. The van der Waals surface area contributed by atoms with Crippen molar-refractivity contribution < 1.29 is 9.21 Å². The molecule has 6 heteroatoms. The van der Waals surface area contributed by atoms with E-state index in [2.05, 4.69) is 15.5 Å². The average Bonchev–Trinajstić information content (AvgIpc) is 3.35. The van der Waals surface area contributed by atoms with Crippen LogP contribution in [0.1, 0.15) is 12.5 Å². The number of rotatable bonds is 5. The molecule has 6 nitrogen and oxygen atoms in total. The summed E-state index contributed by atoms with van der Waals surface area (Å²) in [5.41, 5.74) is 6.00. The van der Waals surface area contributed by atoms with Gasteiger partial charge >= 0.3 is 0 Å². The molecule has 0 aliphatic rings. The number of imidazole rings is 1. The zero-order valence-electron chi connectivity index (χ0n) is 14.8. The van der Waals surface area contributed by atoms with Crippen molar-refractivity contribution in [3.63, 3.8) is 0 Å². The summed E-state index contributed by atoms with van der Waals surface area (Å²) < 4.78 is 7.32. The number of furan rings is 1. The Labute approximate surface area is 156 Å². The minimum atomic E-state index is -0.235. The third-order valence-corrected chi connectivity index (χ3v) is 4.24. The van der Waals surface area contributed by atoms with Gasteiger partial charge < -0.3 is 8.98 Å². The number of aromatic nitrogens is 2. The number of nitrogens with zero attached hydrogens (tertiary/aromatic N) is 3. The highest BCUT2D eigenvalue weighted by Gasteiger charge is 2.16. The van der Waals surface area contributed by atoms with Crippen molar-refractivity contribution in [1.82, 2.24) is 15.0 Å². The summed E-state index contributed by atoms with van der Waals surface area (Å²) in [5, 5.41) is 4.21. The number of benzene rings is 2. The molecule has 0 bridgehead atoms. The van der Waals surface area contributed by atoms with Gasteiger partial charge in [0.1, 0.15) is 6.54 Å². The van der Waals surface area contributed by atoms with Crippen molar-refractivity contribution in [2.75, 3.05) is 0 Å². The van der Waals surface area contributed by atoms with Crippen molar-refractivity contribution in [3.05, 3.63) is 78.6 Å². The Bertz CT molecular complexity index is 1100. The van der Waals surface area contributed by atoms with Gasteiger partial charge in [-0.05, 0) is 36.8 Å². The minimum absolute atomic E-state index is 0.0854. The van der Waals surface area contributed by atoms with Crippen molar-refractivity contribution in [1.29, 1.82) is 0 Å². The van der Waals surface area contributed by atoms with Crippen LogP contribution in [-0.4, -0.2) is 21.2 Å². The second kappa shape index (κ2) is 7.29. The van der Waals surface area contributed by atoms with Crippen molar-refractivity contribution in [2.24, 2.45) is 5.10 Å². The normalized spacial score (nSPS) is 11.7. The molecule has 0 radical (unpaired) electrons. The van der Waals surface area contributed by atoms with Gasteiger partial charge in [-0.3, -0.25) is 4.79 Å². The molecule has 1 amide bonds. The topological polar surface area (TPSA) is 72.4 Å². The summed E-state index contributed by atoms with van der Waals surface area (Å²) in [7, 11) is 0. The molecule has 0 unspecified atom stereocenters. The predicted octanol–water partition coefficient (Wildman–Crippen LogP) is 3.84. The van der Waals surface area contributed by atoms with Gasteiger partial charge in [0.25, 0.3) is 5.91 Å². The molecule has 4 rings (SSSR count). The molecule has 0 fully saturated rings. The Morgan fingerprint density at radius 3 is 2.63 bits per heavy atom. The zero-order chi connectivity index (χ0) is 18.6. The highest BCUT2D eigenvalue weighted by Crippen LogP contribution is 2.24. The van der Waals surface area contributed by atoms with Gasteiger partial charge in [-0.1, -0.05) is 42.5 Å². The molecule has 0 aliphatic heterocycles. The number of nitrogens with one attached hydrogen (secondary N) is 1. The van der Waals surface area contributed by atoms with Crippen LogP contribution in [0.25, 0.3) is 22.6 Å². The molecular weight excluding hydrogens is 340 g/mol. The number of hydrogen-bond acceptors (Lipinski definition) is 4. The fraction of sp³-hybridized carbons (Fsp3) is 0.0952. The van der Waals surface area contributed by atoms with Gasteiger partial charge in [-0.15, -0.1) is 0 Å². The molecule has 4 aromatic rings. The number of hydrogen-bond donors (Lipinski definition) is 1. The molecule has 2 aromatic carbocycles. The van der Waals surface area contributed by atoms with Gasteiger partial charge in [0, 0.05) is 0 Å². The quantitative estimate of drug-likeness (QED) is 0.435. The lowest BCUT2D eigenvalue weighted by atomic mass is 10.1. The van der Waals surface area contributed by atoms with E-state index < -0.39 is 0 Å². The Kier molecular flexibility index (Phi) is 4.53. The molecule has 2 heterocycles. The van der Waals surface area contributed by atoms with Gasteiger partial charge in [0.2, 0.25) is 0 Å². The zero-order valence-corrected chi connectivity index (χ0v) is 14.8. The SMILES string of the molecule is C/C(=N\NC(=O)Cn1c(-c2ccco2)nc2ccccc21)c1ccccc1. The van der Waals surface area contributed by atoms with E-state index in [1.165, 1.54) is 0 Å².